The van der Waals surface area contributed by atoms with Crippen LogP contribution in [0.4, 0.5) is 0 Å². The number of pyridine rings is 3. The summed E-state index contributed by atoms with van der Waals surface area (Å²) >= 11 is 0. The average molecular weight is 1310 g/mol. The summed E-state index contributed by atoms with van der Waals surface area (Å²) < 4.78 is 0. The Labute approximate surface area is 591 Å². The summed E-state index contributed by atoms with van der Waals surface area (Å²) in [6.45, 7) is 19.5. The second-order valence-electron chi connectivity index (χ2n) is 26.9. The Morgan fingerprint density at radius 1 is 0.208 bits per heavy atom. The summed E-state index contributed by atoms with van der Waals surface area (Å²) in [5.74, 6) is 0. The summed E-state index contributed by atoms with van der Waals surface area (Å²) in [6, 6.07) is 97.3. The van der Waals surface area contributed by atoms with E-state index in [2.05, 4.69) is 229 Å². The van der Waals surface area contributed by atoms with Gasteiger partial charge in [0, 0.05) is 68.4 Å². The molecule has 16 aromatic rings. The molecule has 0 fully saturated rings. The van der Waals surface area contributed by atoms with Crippen molar-refractivity contribution in [3.05, 3.63) is 354 Å². The third kappa shape index (κ3) is 14.0. The van der Waals surface area contributed by atoms with Gasteiger partial charge in [0.15, 0.2) is 0 Å². The molecule has 0 atom stereocenters. The van der Waals surface area contributed by atoms with E-state index in [1.165, 1.54) is 55.6 Å². The van der Waals surface area contributed by atoms with Crippen LogP contribution in [0.15, 0.2) is 304 Å². The van der Waals surface area contributed by atoms with Gasteiger partial charge in [-0.3, -0.25) is 15.0 Å². The highest BCUT2D eigenvalue weighted by molar-refractivity contribution is 5.89. The molecule has 9 nitrogen and oxygen atoms in total. The van der Waals surface area contributed by atoms with Gasteiger partial charge in [0.05, 0.1) is 84.3 Å². The summed E-state index contributed by atoms with van der Waals surface area (Å²) in [4.78, 5) is 43.0. The Bertz CT molecular complexity index is 5520. The average Bonchev–Trinajstić information content (AvgIpc) is 1.63. The SMILES string of the molecule is Cc1ccc(-c2nc3ccccc3nc2-c2ccccc2)cc1.Cc1ccc2nc(-c3ccccc3)c(-c3ccccc3)nc2c1.Cc1cccc(-c2nc3ccccc3nc2-c2ccccc2)c1.Cc1cnc2c(c1)C(C)(C)c1ccccc1-2.Cc1cnc2c(c1)C(C)(C)c1cccnc1-2. The number of fused-ring (bicyclic) bond motifs is 9. The number of hydrogen-bond acceptors (Lipinski definition) is 9. The van der Waals surface area contributed by atoms with Crippen molar-refractivity contribution < 1.29 is 0 Å². The van der Waals surface area contributed by atoms with Gasteiger partial charge in [0.1, 0.15) is 0 Å². The number of nitrogens with zero attached hydrogens (tertiary/aromatic N) is 9. The lowest BCUT2D eigenvalue weighted by molar-refractivity contribution is 0.657. The first-order valence-corrected chi connectivity index (χ1v) is 34.3. The molecule has 6 aromatic heterocycles. The molecule has 0 unspecified atom stereocenters. The van der Waals surface area contributed by atoms with Crippen molar-refractivity contribution in [2.45, 2.75) is 73.1 Å². The molecule has 18 rings (SSSR count). The van der Waals surface area contributed by atoms with Gasteiger partial charge in [-0.1, -0.05) is 275 Å². The Kier molecular flexibility index (Phi) is 18.7. The Morgan fingerprint density at radius 2 is 0.554 bits per heavy atom. The molecule has 0 saturated heterocycles. The van der Waals surface area contributed by atoms with Crippen LogP contribution in [0.5, 0.6) is 0 Å². The second kappa shape index (κ2) is 28.6. The van der Waals surface area contributed by atoms with E-state index in [1.54, 1.807) is 0 Å². The first kappa shape index (κ1) is 65.9. The number of rotatable bonds is 6. The number of aryl methyl sites for hydroxylation is 5. The lowest BCUT2D eigenvalue weighted by Gasteiger charge is -2.21. The minimum absolute atomic E-state index is 0.0257. The van der Waals surface area contributed by atoms with Crippen LogP contribution in [-0.4, -0.2) is 44.9 Å². The van der Waals surface area contributed by atoms with Crippen LogP contribution in [0.3, 0.4) is 0 Å². The molecule has 0 spiro atoms. The fourth-order valence-corrected chi connectivity index (χ4v) is 13.4. The molecule has 2 aliphatic rings. The van der Waals surface area contributed by atoms with Crippen LogP contribution in [0.1, 0.15) is 77.8 Å². The largest absolute Gasteiger partial charge is 0.256 e. The number of hydrogen-bond donors (Lipinski definition) is 0. The highest BCUT2D eigenvalue weighted by atomic mass is 14.9. The van der Waals surface area contributed by atoms with Crippen molar-refractivity contribution in [2.75, 3.05) is 0 Å². The van der Waals surface area contributed by atoms with E-state index in [9.17, 15) is 0 Å². The molecule has 490 valence electrons. The predicted octanol–water partition coefficient (Wildman–Crippen LogP) is 22.6. The first-order chi connectivity index (χ1) is 49.1. The maximum absolute atomic E-state index is 4.92. The monoisotopic (exact) mass is 1310 g/mol. The minimum Gasteiger partial charge on any atom is -0.256 e. The van der Waals surface area contributed by atoms with Crippen molar-refractivity contribution in [1.82, 2.24) is 44.9 Å². The van der Waals surface area contributed by atoms with Gasteiger partial charge in [-0.25, -0.2) is 29.9 Å². The lowest BCUT2D eigenvalue weighted by Crippen LogP contribution is -2.15. The molecule has 9 heteroatoms. The smallest absolute Gasteiger partial charge is 0.0973 e. The van der Waals surface area contributed by atoms with Gasteiger partial charge in [0.2, 0.25) is 0 Å². The normalized spacial score (nSPS) is 12.4. The van der Waals surface area contributed by atoms with E-state index < -0.39 is 0 Å². The van der Waals surface area contributed by atoms with Crippen molar-refractivity contribution >= 4 is 33.1 Å². The van der Waals surface area contributed by atoms with Crippen molar-refractivity contribution in [1.29, 1.82) is 0 Å². The lowest BCUT2D eigenvalue weighted by atomic mass is 9.82. The Hall–Kier alpha value is -12.3. The fourth-order valence-electron chi connectivity index (χ4n) is 13.4. The number of para-hydroxylation sites is 4. The third-order valence-electron chi connectivity index (χ3n) is 18.7. The van der Waals surface area contributed by atoms with Crippen LogP contribution in [-0.2, 0) is 10.8 Å². The zero-order valence-corrected chi connectivity index (χ0v) is 58.4. The predicted molar refractivity (Wildman–Crippen MR) is 416 cm³/mol. The van der Waals surface area contributed by atoms with Crippen molar-refractivity contribution in [3.8, 4) is 90.2 Å². The highest BCUT2D eigenvalue weighted by Crippen LogP contribution is 2.48. The molecule has 6 heterocycles. The van der Waals surface area contributed by atoms with E-state index in [0.29, 0.717) is 0 Å². The summed E-state index contributed by atoms with van der Waals surface area (Å²) in [6.07, 6.45) is 5.71. The number of benzene rings is 10. The van der Waals surface area contributed by atoms with Gasteiger partial charge < -0.3 is 0 Å². The van der Waals surface area contributed by atoms with Gasteiger partial charge in [0.25, 0.3) is 0 Å². The summed E-state index contributed by atoms with van der Waals surface area (Å²) in [7, 11) is 0. The van der Waals surface area contributed by atoms with Gasteiger partial charge >= 0.3 is 0 Å². The fraction of sp³-hybridized carbons (Fsp3) is 0.120. The Morgan fingerprint density at radius 3 is 1.04 bits per heavy atom. The molecule has 101 heavy (non-hydrogen) atoms. The molecule has 0 saturated carbocycles. The van der Waals surface area contributed by atoms with E-state index in [0.717, 1.165) is 118 Å². The van der Waals surface area contributed by atoms with Crippen LogP contribution in [0.2, 0.25) is 0 Å². The van der Waals surface area contributed by atoms with Gasteiger partial charge in [-0.15, -0.1) is 0 Å². The molecule has 0 amide bonds. The third-order valence-corrected chi connectivity index (χ3v) is 18.7. The van der Waals surface area contributed by atoms with Crippen LogP contribution in [0, 0.1) is 34.6 Å². The van der Waals surface area contributed by atoms with Crippen molar-refractivity contribution in [3.63, 3.8) is 0 Å². The van der Waals surface area contributed by atoms with Gasteiger partial charge in [-0.05, 0) is 122 Å². The number of aromatic nitrogens is 9. The highest BCUT2D eigenvalue weighted by Gasteiger charge is 2.38. The maximum Gasteiger partial charge on any atom is 0.0973 e. The zero-order valence-electron chi connectivity index (χ0n) is 58.4. The van der Waals surface area contributed by atoms with Crippen LogP contribution >= 0.6 is 0 Å². The van der Waals surface area contributed by atoms with E-state index in [-0.39, 0.29) is 10.8 Å². The van der Waals surface area contributed by atoms with Crippen LogP contribution < -0.4 is 0 Å². The topological polar surface area (TPSA) is 116 Å². The molecule has 10 aromatic carbocycles. The van der Waals surface area contributed by atoms with E-state index in [4.69, 9.17) is 29.9 Å². The molecule has 0 radical (unpaired) electrons. The quantitative estimate of drug-likeness (QED) is 0.160. The molecule has 0 bridgehead atoms. The summed E-state index contributed by atoms with van der Waals surface area (Å²) in [5, 5.41) is 0. The molecular formula is C92H77N9. The standard InChI is InChI=1S/3C21H16N2.C15H15N.C14H14N2/c1-15-12-13-18-19(14-15)23-21(17-10-6-3-7-11-17)20(22-18)16-8-4-2-5-9-16;1-15-8-7-11-17(14-15)21-20(16-9-3-2-4-10-16)22-18-12-5-6-13-19(18)23-21;1-15-11-13-17(14-12-15)21-20(16-7-3-2-4-8-16)22-18-9-5-6-10-19(18)23-21;1-10-8-13-14(16-9-10)11-6-4-5-7-12(11)15(13,2)3;1-9-7-11-13(16-8-9)12-10(14(11,2)3)5-4-6-15-12/h3*2-14H,1H3;4-9H,1-3H3;4-8H,1-3H3. The Balaban J connectivity index is 0.000000108. The van der Waals surface area contributed by atoms with E-state index in [1.807, 2.05) is 152 Å². The molecule has 2 aliphatic carbocycles. The summed E-state index contributed by atoms with van der Waals surface area (Å²) in [5.41, 5.74) is 33.7. The maximum atomic E-state index is 4.92. The molecule has 0 N–H and O–H groups in total. The minimum atomic E-state index is 0.0257. The molecule has 0 aliphatic heterocycles. The first-order valence-electron chi connectivity index (χ1n) is 34.3. The van der Waals surface area contributed by atoms with E-state index >= 15 is 0 Å². The van der Waals surface area contributed by atoms with Gasteiger partial charge in [-0.2, -0.15) is 0 Å². The van der Waals surface area contributed by atoms with Crippen molar-refractivity contribution in [2.24, 2.45) is 0 Å². The van der Waals surface area contributed by atoms with Crippen LogP contribution in [0.25, 0.3) is 123 Å². The second-order valence-corrected chi connectivity index (χ2v) is 26.9. The zero-order chi connectivity index (χ0) is 69.6. The molecular weight excluding hydrogens is 1230 g/mol.